The molecule has 0 aliphatic carbocycles. The van der Waals surface area contributed by atoms with Crippen LogP contribution in [0.2, 0.25) is 0 Å². The summed E-state index contributed by atoms with van der Waals surface area (Å²) >= 11 is 3.05. The third kappa shape index (κ3) is 4.86. The molecule has 0 fully saturated rings. The molecule has 0 radical (unpaired) electrons. The molecule has 3 nitrogen and oxygen atoms in total. The first-order valence-electron chi connectivity index (χ1n) is 7.03. The number of hydrogen-bond donors (Lipinski definition) is 1. The van der Waals surface area contributed by atoms with Crippen molar-refractivity contribution in [3.05, 3.63) is 40.9 Å². The predicted molar refractivity (Wildman–Crippen MR) is 91.4 cm³/mol. The van der Waals surface area contributed by atoms with Crippen molar-refractivity contribution in [2.45, 2.75) is 37.4 Å². The SMILES string of the molecule is CC[C@@H](C)c1ccc(NC(=O)CSc2nc(C)cs2)cc1. The van der Waals surface area contributed by atoms with Crippen LogP contribution in [0.3, 0.4) is 0 Å². The minimum Gasteiger partial charge on any atom is -0.325 e. The molecule has 2 aromatic rings. The molecular formula is C16H20N2OS2. The fourth-order valence-corrected chi connectivity index (χ4v) is 3.50. The van der Waals surface area contributed by atoms with Gasteiger partial charge in [-0.15, -0.1) is 11.3 Å². The Morgan fingerprint density at radius 2 is 2.10 bits per heavy atom. The molecule has 1 aromatic heterocycles. The van der Waals surface area contributed by atoms with E-state index >= 15 is 0 Å². The number of anilines is 1. The molecule has 5 heteroatoms. The van der Waals surface area contributed by atoms with Crippen molar-refractivity contribution in [1.29, 1.82) is 0 Å². The van der Waals surface area contributed by atoms with E-state index in [9.17, 15) is 4.79 Å². The Hall–Kier alpha value is -1.33. The topological polar surface area (TPSA) is 42.0 Å². The van der Waals surface area contributed by atoms with Crippen molar-refractivity contribution in [1.82, 2.24) is 4.98 Å². The summed E-state index contributed by atoms with van der Waals surface area (Å²) in [6.07, 6.45) is 1.12. The molecule has 21 heavy (non-hydrogen) atoms. The highest BCUT2D eigenvalue weighted by molar-refractivity contribution is 8.01. The lowest BCUT2D eigenvalue weighted by Crippen LogP contribution is -2.13. The van der Waals surface area contributed by atoms with E-state index in [2.05, 4.69) is 36.3 Å². The first-order valence-corrected chi connectivity index (χ1v) is 8.89. The average molecular weight is 320 g/mol. The lowest BCUT2D eigenvalue weighted by Gasteiger charge is -2.10. The van der Waals surface area contributed by atoms with Gasteiger partial charge in [-0.1, -0.05) is 37.7 Å². The second-order valence-corrected chi connectivity index (χ2v) is 7.10. The number of thioether (sulfide) groups is 1. The lowest BCUT2D eigenvalue weighted by atomic mass is 9.99. The maximum atomic E-state index is 11.9. The van der Waals surface area contributed by atoms with Crippen molar-refractivity contribution >= 4 is 34.7 Å². The molecule has 2 rings (SSSR count). The summed E-state index contributed by atoms with van der Waals surface area (Å²) < 4.78 is 0.940. The Morgan fingerprint density at radius 3 is 2.67 bits per heavy atom. The van der Waals surface area contributed by atoms with E-state index in [1.165, 1.54) is 17.3 Å². The number of aromatic nitrogens is 1. The van der Waals surface area contributed by atoms with E-state index in [0.717, 1.165) is 22.1 Å². The Kier molecular flexibility index (Phi) is 5.82. The number of amides is 1. The van der Waals surface area contributed by atoms with Gasteiger partial charge in [0.25, 0.3) is 0 Å². The molecule has 1 amide bonds. The molecule has 0 spiro atoms. The smallest absolute Gasteiger partial charge is 0.234 e. The van der Waals surface area contributed by atoms with Crippen LogP contribution in [0.25, 0.3) is 0 Å². The maximum absolute atomic E-state index is 11.9. The van der Waals surface area contributed by atoms with Crippen LogP contribution in [0.5, 0.6) is 0 Å². The van der Waals surface area contributed by atoms with Gasteiger partial charge in [0.2, 0.25) is 5.91 Å². The summed E-state index contributed by atoms with van der Waals surface area (Å²) in [4.78, 5) is 16.2. The van der Waals surface area contributed by atoms with Crippen molar-refractivity contribution in [3.8, 4) is 0 Å². The highest BCUT2D eigenvalue weighted by Gasteiger charge is 2.07. The monoisotopic (exact) mass is 320 g/mol. The number of hydrogen-bond acceptors (Lipinski definition) is 4. The number of nitrogens with zero attached hydrogens (tertiary/aromatic N) is 1. The molecule has 0 unspecified atom stereocenters. The molecule has 1 heterocycles. The first-order chi connectivity index (χ1) is 10.1. The molecule has 0 aliphatic rings. The molecule has 112 valence electrons. The minimum atomic E-state index is 0.00384. The number of carbonyl (C=O) groups is 1. The van der Waals surface area contributed by atoms with Crippen LogP contribution in [-0.2, 0) is 4.79 Å². The van der Waals surface area contributed by atoms with Gasteiger partial charge in [0, 0.05) is 16.8 Å². The number of rotatable bonds is 6. The standard InChI is InChI=1S/C16H20N2OS2/c1-4-11(2)13-5-7-14(8-6-13)18-15(19)10-21-16-17-12(3)9-20-16/h5-9,11H,4,10H2,1-3H3,(H,18,19)/t11-/m1/s1. The van der Waals surface area contributed by atoms with Gasteiger partial charge in [0.05, 0.1) is 5.75 Å². The zero-order valence-corrected chi connectivity index (χ0v) is 14.2. The number of thiazole rings is 1. The Labute approximate surface area is 134 Å². The van der Waals surface area contributed by atoms with Crippen LogP contribution < -0.4 is 5.32 Å². The fraction of sp³-hybridized carbons (Fsp3) is 0.375. The van der Waals surface area contributed by atoms with Gasteiger partial charge >= 0.3 is 0 Å². The van der Waals surface area contributed by atoms with E-state index < -0.39 is 0 Å². The van der Waals surface area contributed by atoms with Crippen LogP contribution in [0.1, 0.15) is 37.4 Å². The van der Waals surface area contributed by atoms with Crippen LogP contribution >= 0.6 is 23.1 Å². The summed E-state index contributed by atoms with van der Waals surface area (Å²) in [5, 5.41) is 4.91. The number of aryl methyl sites for hydroxylation is 1. The summed E-state index contributed by atoms with van der Waals surface area (Å²) in [6.45, 7) is 6.34. The van der Waals surface area contributed by atoms with Crippen molar-refractivity contribution in [2.24, 2.45) is 0 Å². The van der Waals surface area contributed by atoms with Gasteiger partial charge in [0.1, 0.15) is 0 Å². The second kappa shape index (κ2) is 7.61. The molecule has 1 atom stereocenters. The largest absolute Gasteiger partial charge is 0.325 e. The third-order valence-corrected chi connectivity index (χ3v) is 5.44. The van der Waals surface area contributed by atoms with E-state index in [-0.39, 0.29) is 5.91 Å². The molecule has 0 saturated heterocycles. The van der Waals surface area contributed by atoms with Crippen LogP contribution in [0.15, 0.2) is 34.0 Å². The van der Waals surface area contributed by atoms with Crippen LogP contribution in [0, 0.1) is 6.92 Å². The van der Waals surface area contributed by atoms with Gasteiger partial charge in [-0.25, -0.2) is 4.98 Å². The Bertz CT molecular complexity index is 593. The Balaban J connectivity index is 1.84. The number of benzene rings is 1. The quantitative estimate of drug-likeness (QED) is 0.785. The van der Waals surface area contributed by atoms with Crippen LogP contribution in [0.4, 0.5) is 5.69 Å². The summed E-state index contributed by atoms with van der Waals surface area (Å²) in [5.41, 5.74) is 3.16. The van der Waals surface area contributed by atoms with E-state index in [0.29, 0.717) is 11.7 Å². The van der Waals surface area contributed by atoms with Gasteiger partial charge in [-0.3, -0.25) is 4.79 Å². The van der Waals surface area contributed by atoms with Crippen molar-refractivity contribution in [2.75, 3.05) is 11.1 Å². The van der Waals surface area contributed by atoms with Gasteiger partial charge < -0.3 is 5.32 Å². The lowest BCUT2D eigenvalue weighted by molar-refractivity contribution is -0.113. The average Bonchev–Trinajstić information content (AvgIpc) is 2.91. The van der Waals surface area contributed by atoms with Gasteiger partial charge in [0.15, 0.2) is 4.34 Å². The van der Waals surface area contributed by atoms with Crippen LogP contribution in [-0.4, -0.2) is 16.6 Å². The van der Waals surface area contributed by atoms with Gasteiger partial charge in [-0.05, 0) is 37.0 Å². The zero-order chi connectivity index (χ0) is 15.2. The maximum Gasteiger partial charge on any atom is 0.234 e. The molecule has 0 aliphatic heterocycles. The summed E-state index contributed by atoms with van der Waals surface area (Å²) in [6, 6.07) is 8.11. The van der Waals surface area contributed by atoms with E-state index in [4.69, 9.17) is 0 Å². The normalized spacial score (nSPS) is 12.1. The van der Waals surface area contributed by atoms with Crippen molar-refractivity contribution in [3.63, 3.8) is 0 Å². The zero-order valence-electron chi connectivity index (χ0n) is 12.6. The molecular weight excluding hydrogens is 300 g/mol. The Morgan fingerprint density at radius 1 is 1.38 bits per heavy atom. The van der Waals surface area contributed by atoms with E-state index in [1.807, 2.05) is 24.4 Å². The molecule has 1 N–H and O–H groups in total. The second-order valence-electron chi connectivity index (χ2n) is 5.02. The third-order valence-electron chi connectivity index (χ3n) is 3.30. The molecule has 0 saturated carbocycles. The number of nitrogens with one attached hydrogen (secondary N) is 1. The summed E-state index contributed by atoms with van der Waals surface area (Å²) in [5.74, 6) is 0.947. The molecule has 0 bridgehead atoms. The number of carbonyl (C=O) groups excluding carboxylic acids is 1. The predicted octanol–water partition coefficient (Wildman–Crippen LogP) is 4.70. The fourth-order valence-electron chi connectivity index (χ4n) is 1.85. The summed E-state index contributed by atoms with van der Waals surface area (Å²) in [7, 11) is 0. The highest BCUT2D eigenvalue weighted by atomic mass is 32.2. The first kappa shape index (κ1) is 16.0. The highest BCUT2D eigenvalue weighted by Crippen LogP contribution is 2.23. The molecule has 1 aromatic carbocycles. The van der Waals surface area contributed by atoms with Crippen molar-refractivity contribution < 1.29 is 4.79 Å². The van der Waals surface area contributed by atoms with E-state index in [1.54, 1.807) is 11.3 Å². The minimum absolute atomic E-state index is 0.00384. The van der Waals surface area contributed by atoms with Gasteiger partial charge in [-0.2, -0.15) is 0 Å².